The number of rotatable bonds is 5. The molecule has 1 aromatic carbocycles. The molecule has 0 aliphatic heterocycles. The largest absolute Gasteiger partial charge is 0.333 e. The molecule has 0 fully saturated rings. The van der Waals surface area contributed by atoms with Gasteiger partial charge in [-0.3, -0.25) is 9.78 Å². The van der Waals surface area contributed by atoms with Crippen LogP contribution in [0.25, 0.3) is 0 Å². The van der Waals surface area contributed by atoms with Crippen molar-refractivity contribution < 1.29 is 4.79 Å². The first-order valence-electron chi connectivity index (χ1n) is 6.53. The molecule has 2 rings (SSSR count). The van der Waals surface area contributed by atoms with Crippen molar-refractivity contribution in [1.82, 2.24) is 9.88 Å². The topological polar surface area (TPSA) is 33.2 Å². The molecule has 2 aromatic rings. The Kier molecular flexibility index (Phi) is 5.30. The van der Waals surface area contributed by atoms with E-state index in [0.29, 0.717) is 18.7 Å². The van der Waals surface area contributed by atoms with E-state index in [0.717, 1.165) is 16.6 Å². The number of aryl methyl sites for hydroxylation is 1. The van der Waals surface area contributed by atoms with Crippen LogP contribution in [-0.4, -0.2) is 27.7 Å². The zero-order valence-corrected chi connectivity index (χ0v) is 13.0. The lowest BCUT2D eigenvalue weighted by atomic mass is 10.1. The van der Waals surface area contributed by atoms with E-state index < -0.39 is 0 Å². The van der Waals surface area contributed by atoms with Gasteiger partial charge < -0.3 is 4.90 Å². The SMILES string of the molecule is Cc1ncccc1C(=O)N(CCBr)Cc1ccccc1. The van der Waals surface area contributed by atoms with Crippen molar-refractivity contribution in [2.45, 2.75) is 13.5 Å². The van der Waals surface area contributed by atoms with Crippen molar-refractivity contribution in [3.63, 3.8) is 0 Å². The third-order valence-corrected chi connectivity index (χ3v) is 3.45. The number of carbonyl (C=O) groups excluding carboxylic acids is 1. The predicted molar refractivity (Wildman–Crippen MR) is 84.0 cm³/mol. The van der Waals surface area contributed by atoms with E-state index >= 15 is 0 Å². The van der Waals surface area contributed by atoms with Gasteiger partial charge in [0, 0.05) is 30.3 Å². The van der Waals surface area contributed by atoms with Gasteiger partial charge in [-0.1, -0.05) is 46.3 Å². The van der Waals surface area contributed by atoms with Gasteiger partial charge in [-0.25, -0.2) is 0 Å². The van der Waals surface area contributed by atoms with Gasteiger partial charge in [0.25, 0.3) is 5.91 Å². The highest BCUT2D eigenvalue weighted by molar-refractivity contribution is 9.09. The lowest BCUT2D eigenvalue weighted by Crippen LogP contribution is -2.32. The van der Waals surface area contributed by atoms with Crippen molar-refractivity contribution in [3.8, 4) is 0 Å². The van der Waals surface area contributed by atoms with E-state index in [2.05, 4.69) is 20.9 Å². The summed E-state index contributed by atoms with van der Waals surface area (Å²) in [6.07, 6.45) is 1.71. The maximum atomic E-state index is 12.6. The van der Waals surface area contributed by atoms with Gasteiger partial charge in [0.1, 0.15) is 0 Å². The van der Waals surface area contributed by atoms with Crippen LogP contribution in [0.2, 0.25) is 0 Å². The van der Waals surface area contributed by atoms with Crippen LogP contribution in [0.5, 0.6) is 0 Å². The number of hydrogen-bond acceptors (Lipinski definition) is 2. The van der Waals surface area contributed by atoms with Crippen molar-refractivity contribution >= 4 is 21.8 Å². The Morgan fingerprint density at radius 2 is 1.95 bits per heavy atom. The van der Waals surface area contributed by atoms with E-state index in [1.54, 1.807) is 12.3 Å². The minimum atomic E-state index is 0.0268. The van der Waals surface area contributed by atoms with Crippen molar-refractivity contribution in [2.75, 3.05) is 11.9 Å². The summed E-state index contributed by atoms with van der Waals surface area (Å²) in [7, 11) is 0. The number of nitrogens with zero attached hydrogens (tertiary/aromatic N) is 2. The fourth-order valence-electron chi connectivity index (χ4n) is 2.04. The Bertz CT molecular complexity index is 572. The fraction of sp³-hybridized carbons (Fsp3) is 0.250. The first kappa shape index (κ1) is 14.7. The number of carbonyl (C=O) groups is 1. The highest BCUT2D eigenvalue weighted by Gasteiger charge is 2.17. The highest BCUT2D eigenvalue weighted by atomic mass is 79.9. The van der Waals surface area contributed by atoms with Gasteiger partial charge in [0.15, 0.2) is 0 Å². The summed E-state index contributed by atoms with van der Waals surface area (Å²) in [5.41, 5.74) is 2.57. The molecular weight excluding hydrogens is 316 g/mol. The summed E-state index contributed by atoms with van der Waals surface area (Å²) < 4.78 is 0. The van der Waals surface area contributed by atoms with E-state index in [-0.39, 0.29) is 5.91 Å². The Labute approximate surface area is 127 Å². The molecule has 0 bridgehead atoms. The lowest BCUT2D eigenvalue weighted by molar-refractivity contribution is 0.0753. The molecule has 0 saturated carbocycles. The molecular formula is C16H17BrN2O. The first-order chi connectivity index (χ1) is 9.72. The van der Waals surface area contributed by atoms with Crippen molar-refractivity contribution in [2.24, 2.45) is 0 Å². The molecule has 0 atom stereocenters. The van der Waals surface area contributed by atoms with Crippen LogP contribution in [0.15, 0.2) is 48.7 Å². The molecule has 4 heteroatoms. The minimum absolute atomic E-state index is 0.0268. The smallest absolute Gasteiger partial charge is 0.256 e. The molecule has 0 N–H and O–H groups in total. The molecule has 0 saturated heterocycles. The summed E-state index contributed by atoms with van der Waals surface area (Å²) in [6, 6.07) is 13.6. The molecule has 20 heavy (non-hydrogen) atoms. The van der Waals surface area contributed by atoms with E-state index in [1.807, 2.05) is 48.2 Å². The molecule has 104 valence electrons. The predicted octanol–water partition coefficient (Wildman–Crippen LogP) is 3.43. The van der Waals surface area contributed by atoms with Crippen molar-refractivity contribution in [3.05, 3.63) is 65.5 Å². The third kappa shape index (κ3) is 3.67. The second kappa shape index (κ2) is 7.20. The van der Waals surface area contributed by atoms with Gasteiger partial charge in [0.2, 0.25) is 0 Å². The van der Waals surface area contributed by atoms with Gasteiger partial charge >= 0.3 is 0 Å². The molecule has 1 amide bonds. The normalized spacial score (nSPS) is 10.3. The monoisotopic (exact) mass is 332 g/mol. The zero-order chi connectivity index (χ0) is 14.4. The summed E-state index contributed by atoms with van der Waals surface area (Å²) in [4.78, 5) is 18.7. The van der Waals surface area contributed by atoms with Crippen LogP contribution in [0.4, 0.5) is 0 Å². The summed E-state index contributed by atoms with van der Waals surface area (Å²) >= 11 is 3.41. The van der Waals surface area contributed by atoms with E-state index in [1.165, 1.54) is 0 Å². The summed E-state index contributed by atoms with van der Waals surface area (Å²) in [5, 5.41) is 0.755. The molecule has 3 nitrogen and oxygen atoms in total. The molecule has 0 spiro atoms. The van der Waals surface area contributed by atoms with Crippen LogP contribution >= 0.6 is 15.9 Å². The number of halogens is 1. The summed E-state index contributed by atoms with van der Waals surface area (Å²) in [5.74, 6) is 0.0268. The molecule has 0 aliphatic rings. The quantitative estimate of drug-likeness (QED) is 0.786. The van der Waals surface area contributed by atoms with Crippen LogP contribution in [0, 0.1) is 6.92 Å². The zero-order valence-electron chi connectivity index (χ0n) is 11.4. The average molecular weight is 333 g/mol. The van der Waals surface area contributed by atoms with Crippen LogP contribution in [0.3, 0.4) is 0 Å². The van der Waals surface area contributed by atoms with Gasteiger partial charge in [-0.15, -0.1) is 0 Å². The maximum Gasteiger partial charge on any atom is 0.256 e. The maximum absolute atomic E-state index is 12.6. The van der Waals surface area contributed by atoms with Crippen molar-refractivity contribution in [1.29, 1.82) is 0 Å². The Morgan fingerprint density at radius 1 is 1.20 bits per heavy atom. The van der Waals surface area contributed by atoms with Gasteiger partial charge in [-0.2, -0.15) is 0 Å². The average Bonchev–Trinajstić information content (AvgIpc) is 2.48. The first-order valence-corrected chi connectivity index (χ1v) is 7.65. The molecule has 0 aliphatic carbocycles. The van der Waals surface area contributed by atoms with Gasteiger partial charge in [-0.05, 0) is 24.6 Å². The lowest BCUT2D eigenvalue weighted by Gasteiger charge is -2.22. The number of aromatic nitrogens is 1. The Balaban J connectivity index is 2.20. The molecule has 1 heterocycles. The van der Waals surface area contributed by atoms with Crippen LogP contribution < -0.4 is 0 Å². The summed E-state index contributed by atoms with van der Waals surface area (Å²) in [6.45, 7) is 3.14. The molecule has 0 radical (unpaired) electrons. The number of hydrogen-bond donors (Lipinski definition) is 0. The van der Waals surface area contributed by atoms with E-state index in [9.17, 15) is 4.79 Å². The number of pyridine rings is 1. The third-order valence-electron chi connectivity index (χ3n) is 3.10. The fourth-order valence-corrected chi connectivity index (χ4v) is 2.47. The number of benzene rings is 1. The van der Waals surface area contributed by atoms with E-state index in [4.69, 9.17) is 0 Å². The highest BCUT2D eigenvalue weighted by Crippen LogP contribution is 2.12. The molecule has 0 unspecified atom stereocenters. The minimum Gasteiger partial charge on any atom is -0.333 e. The van der Waals surface area contributed by atoms with Gasteiger partial charge in [0.05, 0.1) is 5.56 Å². The standard InChI is InChI=1S/C16H17BrN2O/c1-13-15(8-5-10-18-13)16(20)19(11-9-17)12-14-6-3-2-4-7-14/h2-8,10H,9,11-12H2,1H3. The Morgan fingerprint density at radius 3 is 2.60 bits per heavy atom. The number of alkyl halides is 1. The second-order valence-electron chi connectivity index (χ2n) is 4.54. The second-order valence-corrected chi connectivity index (χ2v) is 5.33. The van der Waals surface area contributed by atoms with Crippen LogP contribution in [-0.2, 0) is 6.54 Å². The Hall–Kier alpha value is -1.68. The molecule has 1 aromatic heterocycles. The number of amides is 1. The van der Waals surface area contributed by atoms with Crippen LogP contribution in [0.1, 0.15) is 21.6 Å².